The second-order valence-corrected chi connectivity index (χ2v) is 24.2. The van der Waals surface area contributed by atoms with E-state index in [1.807, 2.05) is 133 Å². The number of amides is 3. The highest BCUT2D eigenvalue weighted by Gasteiger charge is 2.42. The summed E-state index contributed by atoms with van der Waals surface area (Å²) in [5, 5.41) is 44.8. The maximum atomic E-state index is 14.8. The number of nitrogens with zero attached hydrogens (tertiary/aromatic N) is 3. The minimum atomic E-state index is -0.960. The Morgan fingerprint density at radius 3 is 1.22 bits per heavy atom. The lowest BCUT2D eigenvalue weighted by Gasteiger charge is -2.40. The van der Waals surface area contributed by atoms with Gasteiger partial charge in [-0.2, -0.15) is 0 Å². The van der Waals surface area contributed by atoms with Gasteiger partial charge in [0, 0.05) is 31.5 Å². The van der Waals surface area contributed by atoms with E-state index in [9.17, 15) is 29.7 Å². The molecule has 3 aliphatic heterocycles. The lowest BCUT2D eigenvalue weighted by molar-refractivity contribution is -0.130. The first-order valence-electron chi connectivity index (χ1n) is 30.8. The van der Waals surface area contributed by atoms with Crippen molar-refractivity contribution in [2.24, 2.45) is 0 Å². The Morgan fingerprint density at radius 1 is 0.437 bits per heavy atom. The van der Waals surface area contributed by atoms with Crippen molar-refractivity contribution in [2.75, 3.05) is 55.7 Å². The molecule has 11 atom stereocenters. The molecule has 0 bridgehead atoms. The Morgan fingerprint density at radius 2 is 0.805 bits per heavy atom. The summed E-state index contributed by atoms with van der Waals surface area (Å²) in [5.41, 5.74) is 7.26. The van der Waals surface area contributed by atoms with Gasteiger partial charge in [0.05, 0.1) is 94.5 Å². The number of hydrogen-bond acceptors (Lipinski definition) is 15. The van der Waals surface area contributed by atoms with Crippen molar-refractivity contribution in [3.63, 3.8) is 0 Å². The molecule has 6 aromatic carbocycles. The summed E-state index contributed by atoms with van der Waals surface area (Å²) in [6, 6.07) is 41.7. The van der Waals surface area contributed by atoms with Gasteiger partial charge in [-0.1, -0.05) is 86.3 Å². The van der Waals surface area contributed by atoms with Crippen LogP contribution in [0.3, 0.4) is 0 Å². The molecule has 18 nitrogen and oxygen atoms in total. The molecular formula is C69H80N6O12. The second kappa shape index (κ2) is 26.4. The molecule has 3 aliphatic carbocycles. The fourth-order valence-corrected chi connectivity index (χ4v) is 13.7. The number of fused-ring (bicyclic) bond motifs is 3. The molecule has 3 heterocycles. The van der Waals surface area contributed by atoms with Gasteiger partial charge in [0.1, 0.15) is 34.5 Å². The number of ether oxygens (including phenoxy) is 6. The van der Waals surface area contributed by atoms with E-state index in [1.165, 1.54) is 0 Å². The standard InChI is InChI=1S/C69H80N6O12/c1-82-47-26-18-42(19-27-47)36-73-39-62(85-59-17-7-5-15-55(59)73)68(80)71-53-13-8-10-50(65(53)77)46-25-33-57-61(35-46)87-64(41-75(57)38-44-22-30-49(84-3)31-23-44)69(81)72-54-14-9-11-51(66(54)78)45-24-32-56-60(34-45)86-63(67(79)70-52-12-4-6-16-58(52)76)40-74(56)37-43-20-28-48(83-2)29-21-43/h5,7,15,17-35,50-54,58,62-66,76-78H,4,6,8-14,16,36-41H2,1-3H3,(H,70,79)(H,71,80)(H,72,81). The molecule has 0 saturated heterocycles. The van der Waals surface area contributed by atoms with Crippen LogP contribution in [0, 0.1) is 0 Å². The highest BCUT2D eigenvalue weighted by atomic mass is 16.5. The molecule has 3 amide bonds. The fourth-order valence-electron chi connectivity index (χ4n) is 13.7. The van der Waals surface area contributed by atoms with E-state index in [4.69, 9.17) is 28.4 Å². The number of carbonyl (C=O) groups excluding carboxylic acids is 3. The zero-order valence-electron chi connectivity index (χ0n) is 49.7. The molecule has 87 heavy (non-hydrogen) atoms. The van der Waals surface area contributed by atoms with Crippen LogP contribution in [0.2, 0.25) is 0 Å². The molecule has 3 fully saturated rings. The first-order valence-corrected chi connectivity index (χ1v) is 30.8. The normalized spacial score (nSPS) is 25.8. The van der Waals surface area contributed by atoms with Gasteiger partial charge < -0.3 is 74.4 Å². The molecule has 0 aromatic heterocycles. The van der Waals surface area contributed by atoms with Gasteiger partial charge in [0.15, 0.2) is 18.3 Å². The highest BCUT2D eigenvalue weighted by Crippen LogP contribution is 2.44. The number of aliphatic hydroxyl groups excluding tert-OH is 3. The Labute approximate surface area is 508 Å². The molecule has 12 rings (SSSR count). The number of methoxy groups -OCH3 is 3. The zero-order chi connectivity index (χ0) is 60.1. The minimum Gasteiger partial charge on any atom is -0.497 e. The molecule has 11 unspecified atom stereocenters. The van der Waals surface area contributed by atoms with Crippen LogP contribution in [0.1, 0.15) is 104 Å². The molecular weight excluding hydrogens is 1100 g/mol. The number of anilines is 3. The average molecular weight is 1190 g/mol. The van der Waals surface area contributed by atoms with Crippen molar-refractivity contribution in [3.8, 4) is 34.5 Å². The highest BCUT2D eigenvalue weighted by molar-refractivity contribution is 5.85. The van der Waals surface area contributed by atoms with Crippen molar-refractivity contribution in [1.82, 2.24) is 16.0 Å². The number of carbonyl (C=O) groups is 3. The van der Waals surface area contributed by atoms with Gasteiger partial charge in [-0.3, -0.25) is 14.4 Å². The van der Waals surface area contributed by atoms with Crippen molar-refractivity contribution >= 4 is 34.8 Å². The largest absolute Gasteiger partial charge is 0.497 e. The summed E-state index contributed by atoms with van der Waals surface area (Å²) in [7, 11) is 4.90. The molecule has 18 heteroatoms. The predicted molar refractivity (Wildman–Crippen MR) is 330 cm³/mol. The maximum Gasteiger partial charge on any atom is 0.263 e. The monoisotopic (exact) mass is 1180 g/mol. The van der Waals surface area contributed by atoms with Gasteiger partial charge in [0.2, 0.25) is 0 Å². The third-order valence-electron chi connectivity index (χ3n) is 18.6. The number of hydrogen-bond donors (Lipinski definition) is 6. The number of benzene rings is 6. The predicted octanol–water partition coefficient (Wildman–Crippen LogP) is 8.06. The van der Waals surface area contributed by atoms with E-state index < -0.39 is 48.7 Å². The Hall–Kier alpha value is -8.19. The molecule has 6 aliphatic rings. The van der Waals surface area contributed by atoms with Crippen LogP contribution >= 0.6 is 0 Å². The van der Waals surface area contributed by atoms with E-state index in [0.717, 1.165) is 87.8 Å². The quantitative estimate of drug-likeness (QED) is 0.0510. The summed E-state index contributed by atoms with van der Waals surface area (Å²) < 4.78 is 35.9. The zero-order valence-corrected chi connectivity index (χ0v) is 49.7. The summed E-state index contributed by atoms with van der Waals surface area (Å²) in [6.45, 7) is 2.37. The van der Waals surface area contributed by atoms with Gasteiger partial charge in [0.25, 0.3) is 17.7 Å². The van der Waals surface area contributed by atoms with Crippen molar-refractivity contribution in [3.05, 3.63) is 161 Å². The van der Waals surface area contributed by atoms with Gasteiger partial charge >= 0.3 is 0 Å². The third kappa shape index (κ3) is 13.2. The number of rotatable bonds is 17. The number of aliphatic hydroxyl groups is 3. The van der Waals surface area contributed by atoms with Crippen molar-refractivity contribution in [2.45, 2.75) is 150 Å². The third-order valence-corrected chi connectivity index (χ3v) is 18.6. The van der Waals surface area contributed by atoms with E-state index in [-0.39, 0.29) is 42.1 Å². The second-order valence-electron chi connectivity index (χ2n) is 24.2. The fraction of sp³-hybridized carbons (Fsp3) is 0.435. The van der Waals surface area contributed by atoms with Gasteiger partial charge in [-0.25, -0.2) is 0 Å². The summed E-state index contributed by atoms with van der Waals surface area (Å²) in [5.74, 6) is 2.24. The first kappa shape index (κ1) is 59.2. The smallest absolute Gasteiger partial charge is 0.263 e. The number of nitrogens with one attached hydrogen (secondary N) is 3. The van der Waals surface area contributed by atoms with Crippen LogP contribution in [0.15, 0.2) is 133 Å². The Kier molecular flexibility index (Phi) is 18.0. The van der Waals surface area contributed by atoms with Crippen LogP contribution in [0.5, 0.6) is 34.5 Å². The van der Waals surface area contributed by atoms with E-state index >= 15 is 0 Å². The van der Waals surface area contributed by atoms with Crippen LogP contribution in [-0.2, 0) is 34.0 Å². The summed E-state index contributed by atoms with van der Waals surface area (Å²) in [4.78, 5) is 49.4. The van der Waals surface area contributed by atoms with Gasteiger partial charge in [-0.15, -0.1) is 0 Å². The number of para-hydroxylation sites is 2. The van der Waals surface area contributed by atoms with Crippen LogP contribution in [0.25, 0.3) is 0 Å². The van der Waals surface area contributed by atoms with E-state index in [2.05, 4.69) is 30.7 Å². The molecule has 6 aromatic rings. The maximum absolute atomic E-state index is 14.8. The average Bonchev–Trinajstić information content (AvgIpc) is 3.57. The van der Waals surface area contributed by atoms with Crippen molar-refractivity contribution < 1.29 is 58.1 Å². The summed E-state index contributed by atoms with van der Waals surface area (Å²) >= 11 is 0. The molecule has 6 N–H and O–H groups in total. The van der Waals surface area contributed by atoms with Crippen LogP contribution in [-0.4, -0.2) is 129 Å². The Balaban J connectivity index is 0.743. The topological polar surface area (TPSA) is 213 Å². The lowest BCUT2D eigenvalue weighted by Crippen LogP contribution is -2.55. The lowest BCUT2D eigenvalue weighted by atomic mass is 9.78. The van der Waals surface area contributed by atoms with Gasteiger partial charge in [-0.05, 0) is 139 Å². The molecule has 0 radical (unpaired) electrons. The van der Waals surface area contributed by atoms with Crippen LogP contribution < -0.4 is 59.1 Å². The van der Waals surface area contributed by atoms with Crippen LogP contribution in [0.4, 0.5) is 17.1 Å². The van der Waals surface area contributed by atoms with Crippen molar-refractivity contribution in [1.29, 1.82) is 0 Å². The Bertz CT molecular complexity index is 3370. The minimum absolute atomic E-state index is 0.228. The molecule has 458 valence electrons. The molecule has 3 saturated carbocycles. The van der Waals surface area contributed by atoms with E-state index in [0.29, 0.717) is 88.5 Å². The summed E-state index contributed by atoms with van der Waals surface area (Å²) in [6.07, 6.45) is 2.06. The SMILES string of the molecule is COc1ccc(CN2CC(C(=O)NC3CCCCC3O)Oc3cc(C4CCCC(NC(=O)C5CN(Cc6ccc(OC)cc6)c6ccc(C7CCCC(NC(=O)C8CN(Cc9ccc(OC)cc9)c9ccccc9O8)C7O)cc6O5)C4O)ccc32)cc1. The van der Waals surface area contributed by atoms with E-state index in [1.54, 1.807) is 21.3 Å². The molecule has 0 spiro atoms. The first-order chi connectivity index (χ1) is 42.4.